The number of anilines is 3. The lowest BCUT2D eigenvalue weighted by Gasteiger charge is -2.35. The average Bonchev–Trinajstić information content (AvgIpc) is 2.82. The number of hydrogen-bond donors (Lipinski definition) is 1. The van der Waals surface area contributed by atoms with Crippen molar-refractivity contribution in [2.75, 3.05) is 50.1 Å². The van der Waals surface area contributed by atoms with Crippen molar-refractivity contribution in [2.45, 2.75) is 13.3 Å². The molecule has 1 aliphatic rings. The molecule has 4 rings (SSSR count). The van der Waals surface area contributed by atoms with E-state index < -0.39 is 0 Å². The van der Waals surface area contributed by atoms with Crippen LogP contribution in [0.1, 0.15) is 18.1 Å². The number of halogens is 2. The lowest BCUT2D eigenvalue weighted by molar-refractivity contribution is 0.271. The first-order chi connectivity index (χ1) is 15.6. The Bertz CT molecular complexity index is 1050. The van der Waals surface area contributed by atoms with Gasteiger partial charge in [-0.25, -0.2) is 4.39 Å². The van der Waals surface area contributed by atoms with Gasteiger partial charge in [0.2, 0.25) is 0 Å². The van der Waals surface area contributed by atoms with Crippen LogP contribution < -0.4 is 15.0 Å². The van der Waals surface area contributed by atoms with Crippen LogP contribution in [0.5, 0.6) is 5.75 Å². The van der Waals surface area contributed by atoms with E-state index in [1.165, 1.54) is 6.07 Å². The third-order valence-electron chi connectivity index (χ3n) is 5.89. The van der Waals surface area contributed by atoms with E-state index in [1.807, 2.05) is 12.1 Å². The Kier molecular flexibility index (Phi) is 7.12. The van der Waals surface area contributed by atoms with Crippen molar-refractivity contribution in [3.63, 3.8) is 0 Å². The molecule has 1 N–H and O–H groups in total. The maximum absolute atomic E-state index is 14.2. The molecular weight excluding hydrogens is 427 g/mol. The van der Waals surface area contributed by atoms with E-state index in [0.29, 0.717) is 17.0 Å². The molecule has 0 amide bonds. The molecule has 0 atom stereocenters. The molecule has 0 radical (unpaired) electrons. The van der Waals surface area contributed by atoms with Gasteiger partial charge in [0, 0.05) is 61.1 Å². The highest BCUT2D eigenvalue weighted by atomic mass is 35.5. The van der Waals surface area contributed by atoms with Crippen LogP contribution in [0.3, 0.4) is 0 Å². The molecule has 3 aromatic rings. The van der Waals surface area contributed by atoms with E-state index in [9.17, 15) is 4.39 Å². The van der Waals surface area contributed by atoms with Crippen LogP contribution in [-0.4, -0.2) is 49.7 Å². The quantitative estimate of drug-likeness (QED) is 0.520. The second kappa shape index (κ2) is 10.2. The molecule has 0 saturated carbocycles. The molecule has 0 aliphatic carbocycles. The maximum Gasteiger partial charge on any atom is 0.144 e. The van der Waals surface area contributed by atoms with Gasteiger partial charge in [0.25, 0.3) is 0 Å². The highest BCUT2D eigenvalue weighted by Crippen LogP contribution is 2.33. The molecule has 1 aromatic heterocycles. The minimum atomic E-state index is -0.312. The average molecular weight is 455 g/mol. The fourth-order valence-corrected chi connectivity index (χ4v) is 4.25. The first-order valence-corrected chi connectivity index (χ1v) is 11.2. The summed E-state index contributed by atoms with van der Waals surface area (Å²) in [6.45, 7) is 7.46. The monoisotopic (exact) mass is 454 g/mol. The summed E-state index contributed by atoms with van der Waals surface area (Å²) >= 11 is 6.18. The van der Waals surface area contributed by atoms with Crippen molar-refractivity contribution in [3.05, 3.63) is 76.8 Å². The second-order valence-corrected chi connectivity index (χ2v) is 8.30. The van der Waals surface area contributed by atoms with Crippen LogP contribution >= 0.6 is 11.6 Å². The molecule has 0 unspecified atom stereocenters. The summed E-state index contributed by atoms with van der Waals surface area (Å²) < 4.78 is 19.8. The van der Waals surface area contributed by atoms with Crippen LogP contribution in [0.25, 0.3) is 0 Å². The topological polar surface area (TPSA) is 40.6 Å². The van der Waals surface area contributed by atoms with Gasteiger partial charge < -0.3 is 19.9 Å². The molecule has 1 aliphatic heterocycles. The molecular formula is C25H28ClFN4O. The predicted molar refractivity (Wildman–Crippen MR) is 129 cm³/mol. The Morgan fingerprint density at radius 2 is 1.91 bits per heavy atom. The highest BCUT2D eigenvalue weighted by Gasteiger charge is 2.17. The smallest absolute Gasteiger partial charge is 0.144 e. The Morgan fingerprint density at radius 1 is 1.09 bits per heavy atom. The SMILES string of the molecule is CCN1CCN(c2ccc(Nc3cncc(Cc4c(F)cccc4Cl)c3)c(OC)c2)CC1. The lowest BCUT2D eigenvalue weighted by Crippen LogP contribution is -2.46. The Balaban J connectivity index is 1.50. The van der Waals surface area contributed by atoms with E-state index >= 15 is 0 Å². The minimum Gasteiger partial charge on any atom is -0.494 e. The fraction of sp³-hybridized carbons (Fsp3) is 0.320. The molecule has 1 fully saturated rings. The van der Waals surface area contributed by atoms with Crippen molar-refractivity contribution in [2.24, 2.45) is 0 Å². The van der Waals surface area contributed by atoms with E-state index in [4.69, 9.17) is 16.3 Å². The predicted octanol–water partition coefficient (Wildman–Crippen LogP) is 5.36. The van der Waals surface area contributed by atoms with E-state index in [2.05, 4.69) is 39.2 Å². The van der Waals surface area contributed by atoms with Gasteiger partial charge >= 0.3 is 0 Å². The molecule has 32 heavy (non-hydrogen) atoms. The van der Waals surface area contributed by atoms with Gasteiger partial charge in [-0.05, 0) is 42.4 Å². The number of piperazine rings is 1. The van der Waals surface area contributed by atoms with Crippen molar-refractivity contribution in [3.8, 4) is 5.75 Å². The second-order valence-electron chi connectivity index (χ2n) is 7.89. The highest BCUT2D eigenvalue weighted by molar-refractivity contribution is 6.31. The maximum atomic E-state index is 14.2. The lowest BCUT2D eigenvalue weighted by atomic mass is 10.1. The summed E-state index contributed by atoms with van der Waals surface area (Å²) in [5.41, 5.74) is 4.15. The van der Waals surface area contributed by atoms with Crippen molar-refractivity contribution >= 4 is 28.7 Å². The summed E-state index contributed by atoms with van der Waals surface area (Å²) in [4.78, 5) is 9.16. The van der Waals surface area contributed by atoms with Crippen LogP contribution in [0.15, 0.2) is 54.9 Å². The standard InChI is InChI=1S/C25H28ClFN4O/c1-3-30-9-11-31(12-10-30)20-7-8-24(25(15-20)32-2)29-19-13-18(16-28-17-19)14-21-22(26)5-4-6-23(21)27/h4-8,13,15-17,29H,3,9-12,14H2,1-2H3. The van der Waals surface area contributed by atoms with E-state index in [1.54, 1.807) is 31.6 Å². The summed E-state index contributed by atoms with van der Waals surface area (Å²) in [6.07, 6.45) is 3.84. The molecule has 1 saturated heterocycles. The van der Waals surface area contributed by atoms with Gasteiger partial charge in [-0.1, -0.05) is 24.6 Å². The van der Waals surface area contributed by atoms with Crippen molar-refractivity contribution in [1.82, 2.24) is 9.88 Å². The molecule has 0 spiro atoms. The third-order valence-corrected chi connectivity index (χ3v) is 6.24. The number of methoxy groups -OCH3 is 1. The van der Waals surface area contributed by atoms with Crippen LogP contribution in [0.4, 0.5) is 21.5 Å². The van der Waals surface area contributed by atoms with E-state index in [-0.39, 0.29) is 5.82 Å². The zero-order valence-corrected chi connectivity index (χ0v) is 19.2. The van der Waals surface area contributed by atoms with Gasteiger partial charge in [-0.2, -0.15) is 0 Å². The largest absolute Gasteiger partial charge is 0.494 e. The zero-order valence-electron chi connectivity index (χ0n) is 18.4. The third kappa shape index (κ3) is 5.14. The summed E-state index contributed by atoms with van der Waals surface area (Å²) in [7, 11) is 1.67. The van der Waals surface area contributed by atoms with Crippen molar-refractivity contribution < 1.29 is 9.13 Å². The van der Waals surface area contributed by atoms with Crippen LogP contribution in [0.2, 0.25) is 5.02 Å². The summed E-state index contributed by atoms with van der Waals surface area (Å²) in [5.74, 6) is 0.455. The normalized spacial score (nSPS) is 14.4. The molecule has 5 nitrogen and oxygen atoms in total. The zero-order chi connectivity index (χ0) is 22.5. The fourth-order valence-electron chi connectivity index (χ4n) is 4.02. The van der Waals surface area contributed by atoms with Crippen LogP contribution in [0, 0.1) is 5.82 Å². The van der Waals surface area contributed by atoms with Crippen LogP contribution in [-0.2, 0) is 6.42 Å². The number of aromatic nitrogens is 1. The molecule has 2 aromatic carbocycles. The molecule has 0 bridgehead atoms. The van der Waals surface area contributed by atoms with Gasteiger partial charge in [-0.15, -0.1) is 0 Å². The number of nitrogens with zero attached hydrogens (tertiary/aromatic N) is 3. The van der Waals surface area contributed by atoms with Gasteiger partial charge in [0.15, 0.2) is 0 Å². The number of benzene rings is 2. The molecule has 2 heterocycles. The first-order valence-electron chi connectivity index (χ1n) is 10.9. The Morgan fingerprint density at radius 3 is 2.62 bits per heavy atom. The van der Waals surface area contributed by atoms with Gasteiger partial charge in [0.05, 0.1) is 24.7 Å². The van der Waals surface area contributed by atoms with Gasteiger partial charge in [0.1, 0.15) is 11.6 Å². The Hall–Kier alpha value is -2.83. The molecule has 7 heteroatoms. The summed E-state index contributed by atoms with van der Waals surface area (Å²) in [5, 5.41) is 3.80. The van der Waals surface area contributed by atoms with E-state index in [0.717, 1.165) is 61.1 Å². The Labute approximate surface area is 193 Å². The number of likely N-dealkylation sites (N-methyl/N-ethyl adjacent to an activating group) is 1. The van der Waals surface area contributed by atoms with Gasteiger partial charge in [-0.3, -0.25) is 4.98 Å². The first kappa shape index (κ1) is 22.4. The van der Waals surface area contributed by atoms with Crippen molar-refractivity contribution in [1.29, 1.82) is 0 Å². The number of hydrogen-bond acceptors (Lipinski definition) is 5. The number of pyridine rings is 1. The molecule has 168 valence electrons. The summed E-state index contributed by atoms with van der Waals surface area (Å²) in [6, 6.07) is 12.9. The minimum absolute atomic E-state index is 0.312. The number of ether oxygens (including phenoxy) is 1. The number of nitrogens with one attached hydrogen (secondary N) is 1. The number of rotatable bonds is 7.